The zero-order valence-corrected chi connectivity index (χ0v) is 16.9. The first-order chi connectivity index (χ1) is 14.9. The second kappa shape index (κ2) is 8.71. The number of piperidine rings is 1. The summed E-state index contributed by atoms with van der Waals surface area (Å²) in [4.78, 5) is 38.8. The number of carbonyl (C=O) groups is 2. The van der Waals surface area contributed by atoms with Crippen LogP contribution in [-0.4, -0.2) is 36.4 Å². The second-order valence-electron chi connectivity index (χ2n) is 7.88. The van der Waals surface area contributed by atoms with E-state index in [0.29, 0.717) is 5.69 Å². The number of hydrogen-bond acceptors (Lipinski definition) is 5. The number of anilines is 3. The quantitative estimate of drug-likeness (QED) is 0.581. The molecule has 2 aliphatic rings. The topological polar surface area (TPSA) is 95.8 Å². The maximum absolute atomic E-state index is 13.6. The van der Waals surface area contributed by atoms with E-state index in [2.05, 4.69) is 10.2 Å². The Morgan fingerprint density at radius 2 is 1.74 bits per heavy atom. The van der Waals surface area contributed by atoms with E-state index in [0.717, 1.165) is 30.9 Å². The summed E-state index contributed by atoms with van der Waals surface area (Å²) in [6, 6.07) is 10.9. The van der Waals surface area contributed by atoms with Gasteiger partial charge in [0.05, 0.1) is 16.5 Å². The first-order valence-electron chi connectivity index (χ1n) is 10.3. The van der Waals surface area contributed by atoms with Gasteiger partial charge in [-0.2, -0.15) is 4.39 Å². The van der Waals surface area contributed by atoms with Crippen molar-refractivity contribution in [3.8, 4) is 0 Å². The maximum atomic E-state index is 13.6. The summed E-state index contributed by atoms with van der Waals surface area (Å²) in [5, 5.41) is 13.8. The first-order valence-corrected chi connectivity index (χ1v) is 10.3. The Hall–Kier alpha value is -3.49. The van der Waals surface area contributed by atoms with Gasteiger partial charge in [0.1, 0.15) is 0 Å². The van der Waals surface area contributed by atoms with E-state index in [4.69, 9.17) is 0 Å². The number of rotatable bonds is 5. The van der Waals surface area contributed by atoms with Crippen LogP contribution in [0, 0.1) is 21.8 Å². The van der Waals surface area contributed by atoms with Crippen molar-refractivity contribution in [2.24, 2.45) is 5.92 Å². The molecule has 0 aromatic heterocycles. The number of nitro groups is 1. The molecule has 0 aliphatic carbocycles. The molecule has 8 nitrogen and oxygen atoms in total. The molecule has 2 aliphatic heterocycles. The van der Waals surface area contributed by atoms with Crippen molar-refractivity contribution in [2.45, 2.75) is 25.7 Å². The van der Waals surface area contributed by atoms with Crippen molar-refractivity contribution >= 4 is 34.6 Å². The average Bonchev–Trinajstić information content (AvgIpc) is 3.17. The number of carbonyl (C=O) groups excluding carboxylic acids is 2. The summed E-state index contributed by atoms with van der Waals surface area (Å²) in [5.74, 6) is -2.19. The van der Waals surface area contributed by atoms with E-state index in [1.54, 1.807) is 0 Å². The Morgan fingerprint density at radius 3 is 2.42 bits per heavy atom. The van der Waals surface area contributed by atoms with Crippen molar-refractivity contribution in [1.29, 1.82) is 0 Å². The van der Waals surface area contributed by atoms with Crippen LogP contribution in [0.1, 0.15) is 25.7 Å². The Balaban J connectivity index is 1.40. The largest absolute Gasteiger partial charge is 0.372 e. The minimum Gasteiger partial charge on any atom is -0.372 e. The SMILES string of the molecule is O=C(Nc1ccc(N2CCCCC2)cc1)C1CC(=O)N(c2ccc(F)c([N+](=O)[O-])c2)C1. The monoisotopic (exact) mass is 426 g/mol. The van der Waals surface area contributed by atoms with Crippen LogP contribution in [0.15, 0.2) is 42.5 Å². The van der Waals surface area contributed by atoms with Crippen LogP contribution in [0.2, 0.25) is 0 Å². The maximum Gasteiger partial charge on any atom is 0.306 e. The number of nitrogens with one attached hydrogen (secondary N) is 1. The van der Waals surface area contributed by atoms with Crippen LogP contribution in [0.5, 0.6) is 0 Å². The van der Waals surface area contributed by atoms with Gasteiger partial charge in [-0.05, 0) is 55.7 Å². The highest BCUT2D eigenvalue weighted by atomic mass is 19.1. The van der Waals surface area contributed by atoms with Crippen LogP contribution >= 0.6 is 0 Å². The third-order valence-electron chi connectivity index (χ3n) is 5.79. The highest BCUT2D eigenvalue weighted by Crippen LogP contribution is 2.30. The van der Waals surface area contributed by atoms with E-state index in [9.17, 15) is 24.1 Å². The Labute approximate surface area is 178 Å². The van der Waals surface area contributed by atoms with Crippen molar-refractivity contribution in [2.75, 3.05) is 34.8 Å². The lowest BCUT2D eigenvalue weighted by atomic mass is 10.1. The van der Waals surface area contributed by atoms with Crippen molar-refractivity contribution in [1.82, 2.24) is 0 Å². The van der Waals surface area contributed by atoms with Gasteiger partial charge in [0.25, 0.3) is 0 Å². The number of hydrogen-bond donors (Lipinski definition) is 1. The van der Waals surface area contributed by atoms with Crippen LogP contribution in [0.4, 0.5) is 27.1 Å². The Kier molecular flexibility index (Phi) is 5.83. The van der Waals surface area contributed by atoms with Gasteiger partial charge >= 0.3 is 5.69 Å². The zero-order valence-electron chi connectivity index (χ0n) is 16.9. The summed E-state index contributed by atoms with van der Waals surface area (Å²) in [7, 11) is 0. The average molecular weight is 426 g/mol. The molecule has 2 aromatic rings. The van der Waals surface area contributed by atoms with Gasteiger partial charge in [0.15, 0.2) is 0 Å². The molecule has 9 heteroatoms. The van der Waals surface area contributed by atoms with E-state index in [-0.39, 0.29) is 30.5 Å². The Morgan fingerprint density at radius 1 is 1.06 bits per heavy atom. The molecule has 4 rings (SSSR count). The summed E-state index contributed by atoms with van der Waals surface area (Å²) >= 11 is 0. The molecule has 1 N–H and O–H groups in total. The number of nitrogens with zero attached hydrogens (tertiary/aromatic N) is 3. The second-order valence-corrected chi connectivity index (χ2v) is 7.88. The number of amides is 2. The normalized spacial score (nSPS) is 18.9. The van der Waals surface area contributed by atoms with Gasteiger partial charge in [-0.1, -0.05) is 0 Å². The summed E-state index contributed by atoms with van der Waals surface area (Å²) < 4.78 is 13.6. The minimum atomic E-state index is -0.970. The highest BCUT2D eigenvalue weighted by molar-refractivity contribution is 6.03. The number of halogens is 1. The molecule has 2 aromatic carbocycles. The molecular weight excluding hydrogens is 403 g/mol. The van der Waals surface area contributed by atoms with Gasteiger partial charge in [-0.25, -0.2) is 0 Å². The van der Waals surface area contributed by atoms with Crippen molar-refractivity contribution in [3.63, 3.8) is 0 Å². The summed E-state index contributed by atoms with van der Waals surface area (Å²) in [5.41, 5.74) is 1.28. The molecule has 2 saturated heterocycles. The molecule has 162 valence electrons. The fraction of sp³-hybridized carbons (Fsp3) is 0.364. The van der Waals surface area contributed by atoms with Crippen LogP contribution in [0.3, 0.4) is 0 Å². The lowest BCUT2D eigenvalue weighted by Crippen LogP contribution is -2.29. The molecule has 0 spiro atoms. The minimum absolute atomic E-state index is 0.0110. The van der Waals surface area contributed by atoms with Gasteiger partial charge in [-0.15, -0.1) is 0 Å². The number of nitro benzene ring substituents is 1. The van der Waals surface area contributed by atoms with E-state index in [1.165, 1.54) is 30.2 Å². The predicted octanol–water partition coefficient (Wildman–Crippen LogP) is 3.72. The van der Waals surface area contributed by atoms with Gasteiger partial charge < -0.3 is 15.1 Å². The van der Waals surface area contributed by atoms with E-state index in [1.807, 2.05) is 24.3 Å². The van der Waals surface area contributed by atoms with Crippen molar-refractivity contribution < 1.29 is 18.9 Å². The van der Waals surface area contributed by atoms with E-state index < -0.39 is 22.3 Å². The molecule has 1 unspecified atom stereocenters. The molecule has 0 bridgehead atoms. The molecule has 2 amide bonds. The third kappa shape index (κ3) is 4.50. The highest BCUT2D eigenvalue weighted by Gasteiger charge is 2.36. The van der Waals surface area contributed by atoms with Crippen LogP contribution < -0.4 is 15.1 Å². The zero-order chi connectivity index (χ0) is 22.0. The lowest BCUT2D eigenvalue weighted by Gasteiger charge is -2.28. The molecular formula is C22H23FN4O4. The molecule has 2 heterocycles. The van der Waals surface area contributed by atoms with E-state index >= 15 is 0 Å². The summed E-state index contributed by atoms with van der Waals surface area (Å²) in [6.07, 6.45) is 3.61. The lowest BCUT2D eigenvalue weighted by molar-refractivity contribution is -0.387. The molecule has 0 radical (unpaired) electrons. The van der Waals surface area contributed by atoms with Crippen LogP contribution in [-0.2, 0) is 9.59 Å². The van der Waals surface area contributed by atoms with Gasteiger partial charge in [0, 0.05) is 43.5 Å². The molecule has 31 heavy (non-hydrogen) atoms. The van der Waals surface area contributed by atoms with Gasteiger partial charge in [-0.3, -0.25) is 19.7 Å². The molecule has 0 saturated carbocycles. The molecule has 2 fully saturated rings. The van der Waals surface area contributed by atoms with Crippen LogP contribution in [0.25, 0.3) is 0 Å². The fourth-order valence-corrected chi connectivity index (χ4v) is 4.09. The predicted molar refractivity (Wildman–Crippen MR) is 115 cm³/mol. The smallest absolute Gasteiger partial charge is 0.306 e. The summed E-state index contributed by atoms with van der Waals surface area (Å²) in [6.45, 7) is 2.15. The van der Waals surface area contributed by atoms with Gasteiger partial charge in [0.2, 0.25) is 17.6 Å². The molecule has 1 atom stereocenters. The Bertz CT molecular complexity index is 1010. The third-order valence-corrected chi connectivity index (χ3v) is 5.79. The fourth-order valence-electron chi connectivity index (χ4n) is 4.09. The first kappa shape index (κ1) is 20.8. The standard InChI is InChI=1S/C22H23FN4O4/c23-19-9-8-18(13-20(19)27(30)31)26-14-15(12-21(26)28)22(29)24-16-4-6-17(7-5-16)25-10-2-1-3-11-25/h4-9,13,15H,1-3,10-12,14H2,(H,24,29). The number of benzene rings is 2. The van der Waals surface area contributed by atoms with Crippen molar-refractivity contribution in [3.05, 3.63) is 58.4 Å².